The molecule has 0 aromatic carbocycles. The summed E-state index contributed by atoms with van der Waals surface area (Å²) in [6.45, 7) is 3.41. The van der Waals surface area contributed by atoms with Crippen LogP contribution in [-0.4, -0.2) is 69.4 Å². The molecule has 2 aromatic rings. The number of aromatic nitrogens is 2. The first kappa shape index (κ1) is 25.0. The number of amides is 1. The van der Waals surface area contributed by atoms with Crippen LogP contribution in [0.4, 0.5) is 16.0 Å². The van der Waals surface area contributed by atoms with E-state index in [-0.39, 0.29) is 16.6 Å². The summed E-state index contributed by atoms with van der Waals surface area (Å²) in [5.74, 6) is -0.910. The molecule has 13 heteroatoms. The molecule has 0 spiro atoms. The van der Waals surface area contributed by atoms with E-state index in [1.54, 1.807) is 27.2 Å². The lowest BCUT2D eigenvalue weighted by Gasteiger charge is -2.25. The molecule has 32 heavy (non-hydrogen) atoms. The fourth-order valence-electron chi connectivity index (χ4n) is 2.56. The van der Waals surface area contributed by atoms with Gasteiger partial charge in [-0.1, -0.05) is 11.3 Å². The SMILES string of the molecule is COCCN(CCOC)c1cc(C(=O)Nc2nnc(N=C(C)C=CN)s2)oc(=O)c1OC. The molecule has 2 heterocycles. The van der Waals surface area contributed by atoms with E-state index >= 15 is 0 Å². The van der Waals surface area contributed by atoms with Crippen molar-refractivity contribution >= 4 is 38.9 Å². The molecule has 2 rings (SSSR count). The van der Waals surface area contributed by atoms with Gasteiger partial charge in [-0.15, -0.1) is 10.2 Å². The fraction of sp³-hybridized carbons (Fsp3) is 0.421. The zero-order chi connectivity index (χ0) is 23.5. The van der Waals surface area contributed by atoms with E-state index in [9.17, 15) is 9.59 Å². The Hall–Kier alpha value is -3.29. The Bertz CT molecular complexity index is 1010. The summed E-state index contributed by atoms with van der Waals surface area (Å²) in [6.07, 6.45) is 2.96. The van der Waals surface area contributed by atoms with E-state index in [1.165, 1.54) is 19.4 Å². The number of hydrogen-bond acceptors (Lipinski definition) is 12. The third-order valence-electron chi connectivity index (χ3n) is 4.03. The quantitative estimate of drug-likeness (QED) is 0.439. The molecule has 0 radical (unpaired) electrons. The number of hydrogen-bond donors (Lipinski definition) is 2. The van der Waals surface area contributed by atoms with Crippen LogP contribution >= 0.6 is 11.3 Å². The monoisotopic (exact) mass is 466 g/mol. The number of aliphatic imine (C=N–C) groups is 1. The van der Waals surface area contributed by atoms with Crippen molar-refractivity contribution < 1.29 is 23.4 Å². The average Bonchev–Trinajstić information content (AvgIpc) is 3.19. The third kappa shape index (κ3) is 6.87. The molecule has 0 aliphatic heterocycles. The maximum Gasteiger partial charge on any atom is 0.381 e. The number of anilines is 2. The van der Waals surface area contributed by atoms with Crippen LogP contribution in [0.1, 0.15) is 17.5 Å². The van der Waals surface area contributed by atoms with Crippen LogP contribution in [-0.2, 0) is 9.47 Å². The van der Waals surface area contributed by atoms with Gasteiger partial charge in [0.2, 0.25) is 16.0 Å². The minimum atomic E-state index is -0.790. The summed E-state index contributed by atoms with van der Waals surface area (Å²) in [7, 11) is 4.49. The maximum absolute atomic E-state index is 12.7. The summed E-state index contributed by atoms with van der Waals surface area (Å²) < 4.78 is 20.7. The van der Waals surface area contributed by atoms with Crippen LogP contribution in [0.5, 0.6) is 5.75 Å². The van der Waals surface area contributed by atoms with Crippen molar-refractivity contribution in [2.45, 2.75) is 6.92 Å². The lowest BCUT2D eigenvalue weighted by Crippen LogP contribution is -2.32. The standard InChI is InChI=1S/C19H26N6O6S/c1-12(5-6-20)21-18-23-24-19(32-18)22-16(26)14-11-13(15(30-4)17(27)31-14)25(7-9-28-2)8-10-29-3/h5-6,11H,7-10,20H2,1-4H3,(H,22,24,26). The van der Waals surface area contributed by atoms with E-state index in [0.717, 1.165) is 11.3 Å². The highest BCUT2D eigenvalue weighted by Crippen LogP contribution is 2.27. The smallest absolute Gasteiger partial charge is 0.381 e. The number of nitrogens with two attached hydrogens (primary N) is 1. The Balaban J connectivity index is 2.31. The number of ether oxygens (including phenoxy) is 3. The van der Waals surface area contributed by atoms with Gasteiger partial charge in [-0.2, -0.15) is 0 Å². The van der Waals surface area contributed by atoms with Gasteiger partial charge >= 0.3 is 5.63 Å². The van der Waals surface area contributed by atoms with Crippen molar-refractivity contribution in [1.82, 2.24) is 10.2 Å². The van der Waals surface area contributed by atoms with Gasteiger partial charge in [0.15, 0.2) is 5.76 Å². The number of nitrogens with one attached hydrogen (secondary N) is 1. The van der Waals surface area contributed by atoms with Crippen molar-refractivity contribution in [3.05, 3.63) is 34.5 Å². The predicted molar refractivity (Wildman–Crippen MR) is 121 cm³/mol. The second-order valence-electron chi connectivity index (χ2n) is 6.25. The Kier molecular flexibility index (Phi) is 9.78. The van der Waals surface area contributed by atoms with Crippen molar-refractivity contribution in [2.24, 2.45) is 10.7 Å². The van der Waals surface area contributed by atoms with Gasteiger partial charge in [0.25, 0.3) is 5.91 Å². The minimum absolute atomic E-state index is 0.0234. The van der Waals surface area contributed by atoms with Crippen LogP contribution in [0.2, 0.25) is 0 Å². The molecule has 2 aromatic heterocycles. The second-order valence-corrected chi connectivity index (χ2v) is 7.20. The largest absolute Gasteiger partial charge is 0.488 e. The summed E-state index contributed by atoms with van der Waals surface area (Å²) in [5.41, 5.74) is 5.54. The van der Waals surface area contributed by atoms with Crippen molar-refractivity contribution in [2.75, 3.05) is 57.8 Å². The molecule has 0 fully saturated rings. The van der Waals surface area contributed by atoms with Crippen LogP contribution < -0.4 is 26.3 Å². The highest BCUT2D eigenvalue weighted by Gasteiger charge is 2.22. The summed E-state index contributed by atoms with van der Waals surface area (Å²) in [6, 6.07) is 1.43. The molecular formula is C19H26N6O6S. The summed E-state index contributed by atoms with van der Waals surface area (Å²) in [5, 5.41) is 10.8. The highest BCUT2D eigenvalue weighted by atomic mass is 32.1. The third-order valence-corrected chi connectivity index (χ3v) is 4.76. The Labute approximate surface area is 188 Å². The Morgan fingerprint density at radius 3 is 2.56 bits per heavy atom. The van der Waals surface area contributed by atoms with E-state index in [4.69, 9.17) is 24.4 Å². The Morgan fingerprint density at radius 1 is 1.28 bits per heavy atom. The molecule has 0 unspecified atom stereocenters. The highest BCUT2D eigenvalue weighted by molar-refractivity contribution is 7.18. The first-order chi connectivity index (χ1) is 15.4. The molecule has 0 aliphatic carbocycles. The van der Waals surface area contributed by atoms with Gasteiger partial charge in [0.1, 0.15) is 0 Å². The van der Waals surface area contributed by atoms with Crippen molar-refractivity contribution in [1.29, 1.82) is 0 Å². The molecule has 1 amide bonds. The van der Waals surface area contributed by atoms with E-state index < -0.39 is 11.5 Å². The molecule has 174 valence electrons. The molecule has 0 saturated carbocycles. The van der Waals surface area contributed by atoms with Crippen LogP contribution in [0.15, 0.2) is 32.5 Å². The van der Waals surface area contributed by atoms with Gasteiger partial charge < -0.3 is 29.3 Å². The van der Waals surface area contributed by atoms with Crippen molar-refractivity contribution in [3.8, 4) is 5.75 Å². The number of carbonyl (C=O) groups is 1. The maximum atomic E-state index is 12.7. The first-order valence-electron chi connectivity index (χ1n) is 9.46. The van der Waals surface area contributed by atoms with E-state index in [1.807, 2.05) is 4.90 Å². The lowest BCUT2D eigenvalue weighted by atomic mass is 10.2. The minimum Gasteiger partial charge on any atom is -0.488 e. The molecule has 0 atom stereocenters. The van der Waals surface area contributed by atoms with E-state index in [0.29, 0.717) is 42.8 Å². The van der Waals surface area contributed by atoms with E-state index in [2.05, 4.69) is 20.5 Å². The zero-order valence-corrected chi connectivity index (χ0v) is 19.1. The number of carbonyl (C=O) groups excluding carboxylic acids is 1. The number of nitrogens with zero attached hydrogens (tertiary/aromatic N) is 4. The molecule has 12 nitrogen and oxygen atoms in total. The number of allylic oxidation sites excluding steroid dienone is 1. The molecule has 3 N–H and O–H groups in total. The lowest BCUT2D eigenvalue weighted by molar-refractivity contribution is 0.0991. The zero-order valence-electron chi connectivity index (χ0n) is 18.3. The van der Waals surface area contributed by atoms with Gasteiger partial charge in [0.05, 0.1) is 26.0 Å². The van der Waals surface area contributed by atoms with Gasteiger partial charge in [0, 0.05) is 39.1 Å². The number of rotatable bonds is 12. The predicted octanol–water partition coefficient (Wildman–Crippen LogP) is 1.42. The summed E-state index contributed by atoms with van der Waals surface area (Å²) >= 11 is 1.05. The Morgan fingerprint density at radius 2 is 1.97 bits per heavy atom. The fourth-order valence-corrected chi connectivity index (χ4v) is 3.23. The van der Waals surface area contributed by atoms with Crippen LogP contribution in [0.25, 0.3) is 0 Å². The average molecular weight is 467 g/mol. The molecular weight excluding hydrogens is 440 g/mol. The topological polar surface area (TPSA) is 154 Å². The molecule has 0 bridgehead atoms. The van der Waals surface area contributed by atoms with Crippen LogP contribution in [0.3, 0.4) is 0 Å². The normalized spacial score (nSPS) is 11.7. The molecule has 0 saturated heterocycles. The summed E-state index contributed by atoms with van der Waals surface area (Å²) in [4.78, 5) is 31.2. The first-order valence-corrected chi connectivity index (χ1v) is 10.3. The van der Waals surface area contributed by atoms with Crippen molar-refractivity contribution in [3.63, 3.8) is 0 Å². The van der Waals surface area contributed by atoms with Gasteiger partial charge in [-0.3, -0.25) is 10.1 Å². The van der Waals surface area contributed by atoms with Gasteiger partial charge in [-0.05, 0) is 19.2 Å². The van der Waals surface area contributed by atoms with Gasteiger partial charge in [-0.25, -0.2) is 9.79 Å². The second kappa shape index (κ2) is 12.5. The number of methoxy groups -OCH3 is 3. The van der Waals surface area contributed by atoms with Crippen LogP contribution in [0, 0.1) is 0 Å². The molecule has 0 aliphatic rings.